The Morgan fingerprint density at radius 3 is 1.89 bits per heavy atom. The van der Waals surface area contributed by atoms with Gasteiger partial charge in [0.15, 0.2) is 0 Å². The number of benzene rings is 1. The number of likely N-dealkylation sites (N-methyl/N-ethyl adjacent to an activating group) is 2. The second-order valence-corrected chi connectivity index (χ2v) is 22.9. The Kier molecular flexibility index (Phi) is 30.2. The van der Waals surface area contributed by atoms with Crippen molar-refractivity contribution in [1.29, 1.82) is 0 Å². The van der Waals surface area contributed by atoms with Gasteiger partial charge in [0.25, 0.3) is 11.8 Å². The summed E-state index contributed by atoms with van der Waals surface area (Å²) in [6.45, 7) is 13.7. The zero-order valence-corrected chi connectivity index (χ0v) is 51.4. The van der Waals surface area contributed by atoms with E-state index in [0.717, 1.165) is 17.1 Å². The fraction of sp³-hybridized carbons (Fsp3) is 0.678. The number of unbranched alkanes of at least 4 members (excludes halogenated alkanes) is 1. The van der Waals surface area contributed by atoms with Crippen LogP contribution in [0, 0.1) is 23.7 Å². The Morgan fingerprint density at radius 1 is 0.726 bits per heavy atom. The first kappa shape index (κ1) is 71.4. The van der Waals surface area contributed by atoms with Crippen molar-refractivity contribution in [2.45, 2.75) is 167 Å². The summed E-state index contributed by atoms with van der Waals surface area (Å²) >= 11 is 0. The minimum absolute atomic E-state index is 0.0197. The van der Waals surface area contributed by atoms with Crippen molar-refractivity contribution in [3.8, 4) is 0 Å². The van der Waals surface area contributed by atoms with Crippen LogP contribution in [0.4, 0.5) is 0 Å². The standard InChI is InChI=1S/C59H96N12O13/c1-13-37(6)52(69(10)59(82)50(35(2)3)67-58(81)51(36(4)5)68(8)9)44(83-11)34-49(76)70-30-19-23-43(70)53(84-12)38(7)54(77)65-41(32-39-20-15-14-16-21-39)56(79)66-42(33-45(61)72)57(80)64-40(22-17-18-27-60)55(78)63-29-28-62-46(73)26-31-71-47(74)24-25-48(71)75/h14-16,20-21,24-25,35-38,40-44,50-53H,13,17-19,22-23,26-34,60H2,1-12H3,(H2,61,72)(H,62,73)(H,63,78)(H,64,80)(H,65,77)(H,66,79)(H,67,81)/t37-,38+,40+,41-,42-,43-,44+,50-,51-,52-,53?/m0/s1. The van der Waals surface area contributed by atoms with Crippen LogP contribution >= 0.6 is 0 Å². The Balaban J connectivity index is 1.81. The Labute approximate surface area is 495 Å². The van der Waals surface area contributed by atoms with Crippen LogP contribution in [-0.4, -0.2) is 207 Å². The van der Waals surface area contributed by atoms with Gasteiger partial charge in [0, 0.05) is 72.4 Å². The number of nitrogens with zero attached hydrogens (tertiary/aromatic N) is 4. The number of nitrogens with one attached hydrogen (secondary N) is 6. The number of amides is 11. The van der Waals surface area contributed by atoms with Gasteiger partial charge in [0.2, 0.25) is 53.2 Å². The summed E-state index contributed by atoms with van der Waals surface area (Å²) in [5.41, 5.74) is 12.0. The molecule has 0 radical (unpaired) electrons. The van der Waals surface area contributed by atoms with Crippen molar-refractivity contribution in [2.75, 3.05) is 68.1 Å². The van der Waals surface area contributed by atoms with E-state index in [1.807, 2.05) is 60.5 Å². The molecule has 11 amide bonds. The number of imide groups is 1. The molecule has 0 saturated carbocycles. The van der Waals surface area contributed by atoms with E-state index < -0.39 is 114 Å². The lowest BCUT2D eigenvalue weighted by atomic mass is 9.89. The van der Waals surface area contributed by atoms with E-state index in [9.17, 15) is 52.7 Å². The van der Waals surface area contributed by atoms with Crippen LogP contribution in [0.25, 0.3) is 0 Å². The van der Waals surface area contributed by atoms with Gasteiger partial charge < -0.3 is 62.6 Å². The molecule has 2 aliphatic heterocycles. The summed E-state index contributed by atoms with van der Waals surface area (Å²) in [5.74, 6) is -7.70. The van der Waals surface area contributed by atoms with Crippen LogP contribution in [0.5, 0.6) is 0 Å². The number of hydrogen-bond acceptors (Lipinski definition) is 15. The van der Waals surface area contributed by atoms with Crippen molar-refractivity contribution in [3.63, 3.8) is 0 Å². The van der Waals surface area contributed by atoms with Crippen molar-refractivity contribution in [1.82, 2.24) is 51.5 Å². The number of carbonyl (C=O) groups excluding carboxylic acids is 11. The normalized spacial score (nSPS) is 17.8. The lowest BCUT2D eigenvalue weighted by Gasteiger charge is -2.41. The number of nitrogens with two attached hydrogens (primary N) is 2. The van der Waals surface area contributed by atoms with Crippen molar-refractivity contribution in [2.24, 2.45) is 35.1 Å². The van der Waals surface area contributed by atoms with Gasteiger partial charge in [-0.1, -0.05) is 85.2 Å². The number of rotatable bonds is 37. The molecule has 1 aromatic rings. The molecule has 1 fully saturated rings. The molecular formula is C59H96N12O13. The Bertz CT molecular complexity index is 2400. The monoisotopic (exact) mass is 1180 g/mol. The molecular weight excluding hydrogens is 1080 g/mol. The SMILES string of the molecule is CC[C@H](C)[C@@H]([C@@H](CC(=O)N1CCC[C@H]1C(OC)[C@@H](C)C(=O)N[C@@H](Cc1ccccc1)C(=O)N[C@@H](CC(N)=O)C(=O)N[C@H](CCCCN)C(=O)NCCNC(=O)CCN1C(=O)C=CC1=O)OC)N(C)C(=O)[C@@H](NC(=O)[C@H](C(C)C)N(C)C)C(C)C. The Hall–Kier alpha value is -6.83. The van der Waals surface area contributed by atoms with Gasteiger partial charge in [-0.05, 0) is 76.1 Å². The molecule has 2 aliphatic rings. The lowest BCUT2D eigenvalue weighted by Crippen LogP contribution is -2.60. The molecule has 25 nitrogen and oxygen atoms in total. The molecule has 25 heteroatoms. The molecule has 84 heavy (non-hydrogen) atoms. The number of likely N-dealkylation sites (tertiary alicyclic amines) is 1. The summed E-state index contributed by atoms with van der Waals surface area (Å²) in [4.78, 5) is 154. The number of methoxy groups -OCH3 is 2. The molecule has 0 aliphatic carbocycles. The fourth-order valence-corrected chi connectivity index (χ4v) is 11.0. The van der Waals surface area contributed by atoms with Crippen LogP contribution < -0.4 is 43.4 Å². The maximum atomic E-state index is 14.6. The van der Waals surface area contributed by atoms with Gasteiger partial charge >= 0.3 is 0 Å². The van der Waals surface area contributed by atoms with E-state index in [-0.39, 0.29) is 80.8 Å². The molecule has 470 valence electrons. The van der Waals surface area contributed by atoms with Crippen molar-refractivity contribution < 1.29 is 62.2 Å². The number of ether oxygens (including phenoxy) is 2. The maximum Gasteiger partial charge on any atom is 0.253 e. The van der Waals surface area contributed by atoms with E-state index in [1.54, 1.807) is 54.1 Å². The smallest absolute Gasteiger partial charge is 0.253 e. The highest BCUT2D eigenvalue weighted by molar-refractivity contribution is 6.13. The van der Waals surface area contributed by atoms with Gasteiger partial charge in [0.1, 0.15) is 24.2 Å². The molecule has 3 rings (SSSR count). The first-order chi connectivity index (χ1) is 39.7. The van der Waals surface area contributed by atoms with Crippen LogP contribution in [0.15, 0.2) is 42.5 Å². The van der Waals surface area contributed by atoms with Gasteiger partial charge in [-0.3, -0.25) is 62.5 Å². The predicted molar refractivity (Wildman–Crippen MR) is 314 cm³/mol. The lowest BCUT2D eigenvalue weighted by molar-refractivity contribution is -0.148. The van der Waals surface area contributed by atoms with Crippen molar-refractivity contribution >= 4 is 65.0 Å². The fourth-order valence-electron chi connectivity index (χ4n) is 11.0. The van der Waals surface area contributed by atoms with Crippen LogP contribution in [0.2, 0.25) is 0 Å². The van der Waals surface area contributed by atoms with Crippen LogP contribution in [0.1, 0.15) is 112 Å². The molecule has 10 N–H and O–H groups in total. The number of carbonyl (C=O) groups is 11. The van der Waals surface area contributed by atoms with Gasteiger partial charge in [0.05, 0.1) is 49.1 Å². The Morgan fingerprint density at radius 2 is 1.33 bits per heavy atom. The molecule has 11 atom stereocenters. The number of hydrogen-bond donors (Lipinski definition) is 8. The largest absolute Gasteiger partial charge is 0.379 e. The zero-order chi connectivity index (χ0) is 63.0. The van der Waals surface area contributed by atoms with Gasteiger partial charge in [-0.15, -0.1) is 0 Å². The second kappa shape index (κ2) is 35.5. The highest BCUT2D eigenvalue weighted by atomic mass is 16.5. The minimum Gasteiger partial charge on any atom is -0.379 e. The third-order valence-electron chi connectivity index (χ3n) is 15.7. The van der Waals surface area contributed by atoms with Gasteiger partial charge in [-0.25, -0.2) is 0 Å². The highest BCUT2D eigenvalue weighted by Gasteiger charge is 2.44. The summed E-state index contributed by atoms with van der Waals surface area (Å²) in [6, 6.07) is 2.19. The summed E-state index contributed by atoms with van der Waals surface area (Å²) in [5, 5.41) is 16.3. The second-order valence-electron chi connectivity index (χ2n) is 22.9. The molecule has 0 aromatic heterocycles. The molecule has 2 heterocycles. The van der Waals surface area contributed by atoms with E-state index in [0.29, 0.717) is 50.8 Å². The molecule has 0 spiro atoms. The maximum absolute atomic E-state index is 14.6. The molecule has 1 unspecified atom stereocenters. The van der Waals surface area contributed by atoms with Gasteiger partial charge in [-0.2, -0.15) is 0 Å². The average Bonchev–Trinajstić information content (AvgIpc) is 4.08. The van der Waals surface area contributed by atoms with Crippen molar-refractivity contribution in [3.05, 3.63) is 48.0 Å². The van der Waals surface area contributed by atoms with Crippen LogP contribution in [-0.2, 0) is 68.6 Å². The van der Waals surface area contributed by atoms with E-state index in [2.05, 4.69) is 31.9 Å². The zero-order valence-electron chi connectivity index (χ0n) is 51.4. The topological polar surface area (TPSA) is 343 Å². The van der Waals surface area contributed by atoms with E-state index in [4.69, 9.17) is 20.9 Å². The average molecular weight is 1180 g/mol. The minimum atomic E-state index is -1.60. The first-order valence-electron chi connectivity index (χ1n) is 29.3. The summed E-state index contributed by atoms with van der Waals surface area (Å²) < 4.78 is 12.1. The summed E-state index contributed by atoms with van der Waals surface area (Å²) in [6.07, 6.45) is 2.34. The quantitative estimate of drug-likeness (QED) is 0.0318. The highest BCUT2D eigenvalue weighted by Crippen LogP contribution is 2.30. The molecule has 1 saturated heterocycles. The number of primary amides is 1. The van der Waals surface area contributed by atoms with Crippen LogP contribution in [0.3, 0.4) is 0 Å². The third kappa shape index (κ3) is 21.4. The first-order valence-corrected chi connectivity index (χ1v) is 29.3. The summed E-state index contributed by atoms with van der Waals surface area (Å²) in [7, 11) is 8.25. The molecule has 0 bridgehead atoms. The molecule has 1 aromatic carbocycles. The van der Waals surface area contributed by atoms with E-state index >= 15 is 0 Å². The third-order valence-corrected chi connectivity index (χ3v) is 15.7. The van der Waals surface area contributed by atoms with E-state index in [1.165, 1.54) is 14.2 Å². The predicted octanol–water partition coefficient (Wildman–Crippen LogP) is -0.117.